The Morgan fingerprint density at radius 1 is 0.432 bits per heavy atom. The molecule has 0 unspecified atom stereocenters. The smallest absolute Gasteiger partial charge is 0.119 e. The van der Waals surface area contributed by atoms with Crippen LogP contribution in [0.4, 0.5) is 0 Å². The largest absolute Gasteiger partial charge is 0.508 e. The first-order valence-electron chi connectivity index (χ1n) is 15.2. The zero-order chi connectivity index (χ0) is 26.1. The van der Waals surface area contributed by atoms with Crippen LogP contribution in [0.5, 0.6) is 5.75 Å². The lowest BCUT2D eigenvalue weighted by Crippen LogP contribution is -2.03. The molecule has 3 aromatic rings. The molecule has 0 aliphatic carbocycles. The van der Waals surface area contributed by atoms with E-state index in [1.165, 1.54) is 105 Å². The van der Waals surface area contributed by atoms with Crippen molar-refractivity contribution < 1.29 is 5.11 Å². The van der Waals surface area contributed by atoms with Gasteiger partial charge in [0, 0.05) is 12.0 Å². The minimum Gasteiger partial charge on any atom is -0.508 e. The van der Waals surface area contributed by atoms with Crippen molar-refractivity contribution in [2.75, 3.05) is 0 Å². The second-order valence-electron chi connectivity index (χ2n) is 10.8. The minimum absolute atomic E-state index is 0.431. The first-order chi connectivity index (χ1) is 18.2. The first kappa shape index (κ1) is 29.0. The molecule has 0 amide bonds. The lowest BCUT2D eigenvalue weighted by Gasteiger charge is -2.16. The maximum absolute atomic E-state index is 10.9. The third kappa shape index (κ3) is 10.0. The number of hydrogen-bond acceptors (Lipinski definition) is 1. The van der Waals surface area contributed by atoms with E-state index in [9.17, 15) is 5.11 Å². The van der Waals surface area contributed by atoms with E-state index >= 15 is 0 Å². The van der Waals surface area contributed by atoms with Gasteiger partial charge in [0.15, 0.2) is 0 Å². The fourth-order valence-corrected chi connectivity index (χ4v) is 5.53. The Kier molecular flexibility index (Phi) is 13.4. The molecule has 3 aromatic carbocycles. The van der Waals surface area contributed by atoms with Gasteiger partial charge in [-0.25, -0.2) is 0 Å². The molecule has 37 heavy (non-hydrogen) atoms. The Hall–Kier alpha value is -2.54. The Balaban J connectivity index is 1.68. The van der Waals surface area contributed by atoms with E-state index < -0.39 is 0 Å². The van der Waals surface area contributed by atoms with Crippen molar-refractivity contribution in [1.82, 2.24) is 0 Å². The number of benzene rings is 3. The van der Waals surface area contributed by atoms with Gasteiger partial charge in [-0.15, -0.1) is 0 Å². The summed E-state index contributed by atoms with van der Waals surface area (Å²) in [5.41, 5.74) is 8.02. The average molecular weight is 499 g/mol. The van der Waals surface area contributed by atoms with Crippen molar-refractivity contribution in [1.29, 1.82) is 0 Å². The third-order valence-electron chi connectivity index (χ3n) is 7.83. The molecule has 0 saturated heterocycles. The SMILES string of the molecule is CCCCCCCCc1ccccc1Cc1cccc(O)c1Cc1ccccc1CCCCCCCC. The van der Waals surface area contributed by atoms with Crippen molar-refractivity contribution in [2.45, 2.75) is 117 Å². The highest BCUT2D eigenvalue weighted by atomic mass is 16.3. The van der Waals surface area contributed by atoms with Gasteiger partial charge in [0.2, 0.25) is 0 Å². The van der Waals surface area contributed by atoms with Gasteiger partial charge in [0.05, 0.1) is 0 Å². The molecule has 0 atom stereocenters. The number of phenolic OH excluding ortho intramolecular Hbond substituents is 1. The highest BCUT2D eigenvalue weighted by molar-refractivity contribution is 5.47. The van der Waals surface area contributed by atoms with Gasteiger partial charge in [0.25, 0.3) is 0 Å². The summed E-state index contributed by atoms with van der Waals surface area (Å²) in [4.78, 5) is 0. The molecule has 0 radical (unpaired) electrons. The molecule has 3 rings (SSSR count). The maximum Gasteiger partial charge on any atom is 0.119 e. The van der Waals surface area contributed by atoms with E-state index in [-0.39, 0.29) is 0 Å². The number of unbranched alkanes of at least 4 members (excludes halogenated alkanes) is 10. The van der Waals surface area contributed by atoms with E-state index in [0.717, 1.165) is 31.2 Å². The molecule has 1 N–H and O–H groups in total. The first-order valence-corrected chi connectivity index (χ1v) is 15.2. The van der Waals surface area contributed by atoms with Gasteiger partial charge in [-0.3, -0.25) is 0 Å². The third-order valence-corrected chi connectivity index (χ3v) is 7.83. The Bertz CT molecular complexity index is 1030. The molecule has 200 valence electrons. The molecule has 0 aliphatic rings. The number of phenols is 1. The second kappa shape index (κ2) is 17.1. The van der Waals surface area contributed by atoms with Crippen LogP contribution in [-0.2, 0) is 25.7 Å². The molecule has 0 saturated carbocycles. The molecule has 1 nitrogen and oxygen atoms in total. The highest BCUT2D eigenvalue weighted by Gasteiger charge is 2.13. The predicted octanol–water partition coefficient (Wildman–Crippen LogP) is 10.4. The van der Waals surface area contributed by atoms with Crippen LogP contribution in [0.2, 0.25) is 0 Å². The summed E-state index contributed by atoms with van der Waals surface area (Å²) in [6, 6.07) is 23.9. The van der Waals surface area contributed by atoms with Crippen LogP contribution in [0.15, 0.2) is 66.7 Å². The van der Waals surface area contributed by atoms with E-state index in [1.54, 1.807) is 0 Å². The molecule has 0 aromatic heterocycles. The van der Waals surface area contributed by atoms with E-state index in [1.807, 2.05) is 12.1 Å². The van der Waals surface area contributed by atoms with Crippen LogP contribution in [0, 0.1) is 0 Å². The van der Waals surface area contributed by atoms with Crippen LogP contribution in [-0.4, -0.2) is 5.11 Å². The minimum atomic E-state index is 0.431. The van der Waals surface area contributed by atoms with E-state index in [4.69, 9.17) is 0 Å². The quantitative estimate of drug-likeness (QED) is 0.173. The average Bonchev–Trinajstić information content (AvgIpc) is 2.91. The molecular weight excluding hydrogens is 448 g/mol. The normalized spacial score (nSPS) is 11.2. The van der Waals surface area contributed by atoms with Crippen molar-refractivity contribution in [3.8, 4) is 5.75 Å². The zero-order valence-electron chi connectivity index (χ0n) is 23.6. The molecule has 0 aliphatic heterocycles. The Morgan fingerprint density at radius 3 is 1.41 bits per heavy atom. The summed E-state index contributed by atoms with van der Waals surface area (Å²) in [5, 5.41) is 10.9. The molecule has 0 spiro atoms. The highest BCUT2D eigenvalue weighted by Crippen LogP contribution is 2.29. The Labute approximate surface area is 227 Å². The number of hydrogen-bond donors (Lipinski definition) is 1. The van der Waals surface area contributed by atoms with E-state index in [0.29, 0.717) is 5.75 Å². The molecule has 0 fully saturated rings. The number of rotatable bonds is 18. The summed E-state index contributed by atoms with van der Waals surface area (Å²) in [6.45, 7) is 4.55. The topological polar surface area (TPSA) is 20.2 Å². The molecular formula is C36H50O. The predicted molar refractivity (Wildman–Crippen MR) is 161 cm³/mol. The van der Waals surface area contributed by atoms with Crippen LogP contribution in [0.1, 0.15) is 124 Å². The summed E-state index contributed by atoms with van der Waals surface area (Å²) < 4.78 is 0. The number of aromatic hydroxyl groups is 1. The van der Waals surface area contributed by atoms with Crippen LogP contribution in [0.3, 0.4) is 0 Å². The number of aryl methyl sites for hydroxylation is 2. The summed E-state index contributed by atoms with van der Waals surface area (Å²) in [6.07, 6.45) is 19.9. The zero-order valence-corrected chi connectivity index (χ0v) is 23.6. The van der Waals surface area contributed by atoms with Crippen LogP contribution >= 0.6 is 0 Å². The van der Waals surface area contributed by atoms with Crippen molar-refractivity contribution in [3.05, 3.63) is 100 Å². The summed E-state index contributed by atoms with van der Waals surface area (Å²) in [7, 11) is 0. The lowest BCUT2D eigenvalue weighted by atomic mass is 9.89. The summed E-state index contributed by atoms with van der Waals surface area (Å²) >= 11 is 0. The van der Waals surface area contributed by atoms with Gasteiger partial charge in [-0.05, 0) is 66.0 Å². The van der Waals surface area contributed by atoms with Gasteiger partial charge in [0.1, 0.15) is 5.75 Å². The Morgan fingerprint density at radius 2 is 0.865 bits per heavy atom. The fraction of sp³-hybridized carbons (Fsp3) is 0.500. The van der Waals surface area contributed by atoms with Crippen LogP contribution < -0.4 is 0 Å². The standard InChI is InChI=1S/C36H50O/c1-3-5-7-9-11-13-20-30-22-15-17-24-32(30)28-34-26-19-27-36(37)35(34)29-33-25-18-16-23-31(33)21-14-12-10-8-6-4-2/h15-19,22-27,37H,3-14,20-21,28-29H2,1-2H3. The van der Waals surface area contributed by atoms with Gasteiger partial charge >= 0.3 is 0 Å². The van der Waals surface area contributed by atoms with E-state index in [2.05, 4.69) is 68.4 Å². The van der Waals surface area contributed by atoms with Gasteiger partial charge < -0.3 is 5.11 Å². The summed E-state index contributed by atoms with van der Waals surface area (Å²) in [5.74, 6) is 0.431. The molecule has 1 heteroatoms. The second-order valence-corrected chi connectivity index (χ2v) is 10.8. The van der Waals surface area contributed by atoms with Crippen molar-refractivity contribution >= 4 is 0 Å². The van der Waals surface area contributed by atoms with Crippen LogP contribution in [0.25, 0.3) is 0 Å². The van der Waals surface area contributed by atoms with Gasteiger partial charge in [-0.2, -0.15) is 0 Å². The van der Waals surface area contributed by atoms with Crippen molar-refractivity contribution in [2.24, 2.45) is 0 Å². The maximum atomic E-state index is 10.9. The monoisotopic (exact) mass is 498 g/mol. The molecule has 0 bridgehead atoms. The van der Waals surface area contributed by atoms with Gasteiger partial charge in [-0.1, -0.05) is 139 Å². The fourth-order valence-electron chi connectivity index (χ4n) is 5.53. The molecule has 0 heterocycles. The lowest BCUT2D eigenvalue weighted by molar-refractivity contribution is 0.468. The van der Waals surface area contributed by atoms with Crippen molar-refractivity contribution in [3.63, 3.8) is 0 Å².